The number of amides is 3. The summed E-state index contributed by atoms with van der Waals surface area (Å²) < 4.78 is 7.36. The van der Waals surface area contributed by atoms with Crippen molar-refractivity contribution in [3.8, 4) is 0 Å². The minimum Gasteiger partial charge on any atom is -0.370 e. The standard InChI is InChI=1S/C19H24N4O3S/c1-13(24)20-11-15-4-5-19(26-15)6-8-23(9-7-19)18(25)22-14-2-3-17-16(10-14)21-12-27-17/h2-3,10,12,15H,4-9,11H2,1H3,(H,20,24)(H,22,25)/t15-/m0/s1. The van der Waals surface area contributed by atoms with Gasteiger partial charge in [-0.2, -0.15) is 0 Å². The second-order valence-electron chi connectivity index (χ2n) is 7.35. The zero-order chi connectivity index (χ0) is 18.9. The molecule has 8 heteroatoms. The Morgan fingerprint density at radius 2 is 2.15 bits per heavy atom. The number of hydrogen-bond acceptors (Lipinski definition) is 5. The fraction of sp³-hybridized carbons (Fsp3) is 0.526. The molecule has 7 nitrogen and oxygen atoms in total. The molecule has 3 heterocycles. The van der Waals surface area contributed by atoms with Gasteiger partial charge in [-0.25, -0.2) is 9.78 Å². The van der Waals surface area contributed by atoms with Crippen molar-refractivity contribution in [3.63, 3.8) is 0 Å². The number of aromatic nitrogens is 1. The third-order valence-corrected chi connectivity index (χ3v) is 6.27. The van der Waals surface area contributed by atoms with E-state index in [2.05, 4.69) is 15.6 Å². The van der Waals surface area contributed by atoms with Crippen LogP contribution in [0, 0.1) is 0 Å². The highest BCUT2D eigenvalue weighted by molar-refractivity contribution is 7.16. The summed E-state index contributed by atoms with van der Waals surface area (Å²) in [6.45, 7) is 3.45. The molecule has 2 aliphatic rings. The van der Waals surface area contributed by atoms with Crippen LogP contribution in [0.5, 0.6) is 0 Å². The number of anilines is 1. The van der Waals surface area contributed by atoms with Crippen LogP contribution in [0.2, 0.25) is 0 Å². The number of ether oxygens (including phenoxy) is 1. The van der Waals surface area contributed by atoms with Gasteiger partial charge in [0.15, 0.2) is 0 Å². The highest BCUT2D eigenvalue weighted by Gasteiger charge is 2.43. The maximum absolute atomic E-state index is 12.6. The summed E-state index contributed by atoms with van der Waals surface area (Å²) in [4.78, 5) is 29.8. The van der Waals surface area contributed by atoms with Crippen LogP contribution in [-0.4, -0.2) is 53.2 Å². The minimum absolute atomic E-state index is 0.0260. The van der Waals surface area contributed by atoms with Gasteiger partial charge in [0.25, 0.3) is 0 Å². The molecule has 2 aromatic rings. The number of thiazole rings is 1. The molecule has 1 aromatic heterocycles. The van der Waals surface area contributed by atoms with Gasteiger partial charge in [-0.05, 0) is 43.9 Å². The first-order valence-corrected chi connectivity index (χ1v) is 10.2. The van der Waals surface area contributed by atoms with Gasteiger partial charge in [-0.1, -0.05) is 0 Å². The first kappa shape index (κ1) is 18.2. The van der Waals surface area contributed by atoms with Crippen molar-refractivity contribution in [1.29, 1.82) is 0 Å². The Kier molecular flexibility index (Phi) is 5.01. The van der Waals surface area contributed by atoms with Gasteiger partial charge < -0.3 is 20.3 Å². The summed E-state index contributed by atoms with van der Waals surface area (Å²) in [5.74, 6) is -0.0260. The van der Waals surface area contributed by atoms with E-state index >= 15 is 0 Å². The van der Waals surface area contributed by atoms with Crippen LogP contribution < -0.4 is 10.6 Å². The number of rotatable bonds is 3. The van der Waals surface area contributed by atoms with Crippen molar-refractivity contribution >= 4 is 39.2 Å². The molecule has 27 heavy (non-hydrogen) atoms. The van der Waals surface area contributed by atoms with Crippen molar-refractivity contribution in [2.45, 2.75) is 44.3 Å². The first-order chi connectivity index (χ1) is 13.0. The van der Waals surface area contributed by atoms with Gasteiger partial charge in [-0.15, -0.1) is 11.3 Å². The highest BCUT2D eigenvalue weighted by Crippen LogP contribution is 2.38. The van der Waals surface area contributed by atoms with E-state index < -0.39 is 0 Å². The molecule has 1 aromatic carbocycles. The van der Waals surface area contributed by atoms with Crippen LogP contribution in [-0.2, 0) is 9.53 Å². The van der Waals surface area contributed by atoms with Crippen LogP contribution in [0.3, 0.4) is 0 Å². The van der Waals surface area contributed by atoms with E-state index in [-0.39, 0.29) is 23.6 Å². The summed E-state index contributed by atoms with van der Waals surface area (Å²) in [5.41, 5.74) is 3.34. The van der Waals surface area contributed by atoms with E-state index in [1.807, 2.05) is 23.1 Å². The lowest BCUT2D eigenvalue weighted by atomic mass is 9.88. The Morgan fingerprint density at radius 1 is 1.33 bits per heavy atom. The fourth-order valence-electron chi connectivity index (χ4n) is 3.92. The van der Waals surface area contributed by atoms with Crippen molar-refractivity contribution in [2.75, 3.05) is 25.0 Å². The normalized spacial score (nSPS) is 21.5. The maximum Gasteiger partial charge on any atom is 0.321 e. The zero-order valence-corrected chi connectivity index (χ0v) is 16.2. The topological polar surface area (TPSA) is 83.6 Å². The molecular formula is C19H24N4O3S. The quantitative estimate of drug-likeness (QED) is 0.847. The largest absolute Gasteiger partial charge is 0.370 e. The third kappa shape index (κ3) is 4.06. The first-order valence-electron chi connectivity index (χ1n) is 9.34. The van der Waals surface area contributed by atoms with Crippen LogP contribution in [0.15, 0.2) is 23.7 Å². The Balaban J connectivity index is 1.29. The molecule has 0 radical (unpaired) electrons. The number of fused-ring (bicyclic) bond motifs is 1. The second-order valence-corrected chi connectivity index (χ2v) is 8.24. The average molecular weight is 388 g/mol. The molecule has 1 spiro atoms. The minimum atomic E-state index is -0.139. The van der Waals surface area contributed by atoms with E-state index in [4.69, 9.17) is 4.74 Å². The number of carbonyl (C=O) groups is 2. The number of nitrogens with one attached hydrogen (secondary N) is 2. The van der Waals surface area contributed by atoms with Crippen LogP contribution in [0.4, 0.5) is 10.5 Å². The molecule has 0 saturated carbocycles. The van der Waals surface area contributed by atoms with Gasteiger partial charge in [0.05, 0.1) is 27.4 Å². The molecule has 144 valence electrons. The number of hydrogen-bond donors (Lipinski definition) is 2. The number of benzene rings is 1. The summed E-state index contributed by atoms with van der Waals surface area (Å²) in [7, 11) is 0. The predicted molar refractivity (Wildman–Crippen MR) is 105 cm³/mol. The van der Waals surface area contributed by atoms with Gasteiger partial charge in [0.2, 0.25) is 5.91 Å². The molecule has 0 bridgehead atoms. The Morgan fingerprint density at radius 3 is 2.93 bits per heavy atom. The molecule has 0 aliphatic carbocycles. The fourth-order valence-corrected chi connectivity index (χ4v) is 4.58. The van der Waals surface area contributed by atoms with Gasteiger partial charge in [-0.3, -0.25) is 4.79 Å². The molecule has 1 atom stereocenters. The van der Waals surface area contributed by atoms with Crippen LogP contribution in [0.25, 0.3) is 10.2 Å². The number of nitrogens with zero attached hydrogens (tertiary/aromatic N) is 2. The summed E-state index contributed by atoms with van der Waals surface area (Å²) in [6, 6.07) is 5.72. The number of carbonyl (C=O) groups excluding carboxylic acids is 2. The monoisotopic (exact) mass is 388 g/mol. The maximum atomic E-state index is 12.6. The smallest absolute Gasteiger partial charge is 0.321 e. The third-order valence-electron chi connectivity index (χ3n) is 5.46. The molecule has 2 saturated heterocycles. The van der Waals surface area contributed by atoms with E-state index in [0.717, 1.165) is 41.6 Å². The van der Waals surface area contributed by atoms with E-state index in [0.29, 0.717) is 19.6 Å². The van der Waals surface area contributed by atoms with E-state index in [9.17, 15) is 9.59 Å². The SMILES string of the molecule is CC(=O)NC[C@@H]1CCC2(CCN(C(=O)Nc3ccc4scnc4c3)CC2)O1. The lowest BCUT2D eigenvalue weighted by molar-refractivity contribution is -0.120. The van der Waals surface area contributed by atoms with Gasteiger partial charge >= 0.3 is 6.03 Å². The lowest BCUT2D eigenvalue weighted by Crippen LogP contribution is -2.48. The molecule has 2 N–H and O–H groups in total. The van der Waals surface area contributed by atoms with Crippen LogP contribution in [0.1, 0.15) is 32.6 Å². The van der Waals surface area contributed by atoms with E-state index in [1.165, 1.54) is 6.92 Å². The van der Waals surface area contributed by atoms with Crippen LogP contribution >= 0.6 is 11.3 Å². The lowest BCUT2D eigenvalue weighted by Gasteiger charge is -2.39. The Labute approximate surface area is 162 Å². The van der Waals surface area contributed by atoms with Gasteiger partial charge in [0, 0.05) is 32.2 Å². The van der Waals surface area contributed by atoms with Gasteiger partial charge in [0.1, 0.15) is 0 Å². The molecule has 2 fully saturated rings. The number of urea groups is 1. The molecule has 4 rings (SSSR count). The van der Waals surface area contributed by atoms with E-state index in [1.54, 1.807) is 16.8 Å². The summed E-state index contributed by atoms with van der Waals surface area (Å²) in [5, 5.41) is 5.81. The summed E-state index contributed by atoms with van der Waals surface area (Å²) in [6.07, 6.45) is 3.71. The molecule has 3 amide bonds. The highest BCUT2D eigenvalue weighted by atomic mass is 32.1. The number of likely N-dealkylation sites (tertiary alicyclic amines) is 1. The Hall–Kier alpha value is -2.19. The van der Waals surface area contributed by atoms with Crippen molar-refractivity contribution in [3.05, 3.63) is 23.7 Å². The molecule has 2 aliphatic heterocycles. The van der Waals surface area contributed by atoms with Crippen molar-refractivity contribution in [1.82, 2.24) is 15.2 Å². The number of piperidine rings is 1. The average Bonchev–Trinajstić information content (AvgIpc) is 3.27. The second kappa shape index (κ2) is 7.44. The zero-order valence-electron chi connectivity index (χ0n) is 15.4. The molecular weight excluding hydrogens is 364 g/mol. The Bertz CT molecular complexity index is 844. The van der Waals surface area contributed by atoms with Crippen molar-refractivity contribution in [2.24, 2.45) is 0 Å². The van der Waals surface area contributed by atoms with Crippen molar-refractivity contribution < 1.29 is 14.3 Å². The molecule has 0 unspecified atom stereocenters. The summed E-state index contributed by atoms with van der Waals surface area (Å²) >= 11 is 1.59. The predicted octanol–water partition coefficient (Wildman–Crippen LogP) is 2.98.